The quantitative estimate of drug-likeness (QED) is 0.338. The molecule has 192 valence electrons. The number of benzene rings is 2. The zero-order valence-electron chi connectivity index (χ0n) is 22.1. The Morgan fingerprint density at radius 3 is 2.23 bits per heavy atom. The number of nitrogens with zero attached hydrogens (tertiary/aromatic N) is 2. The summed E-state index contributed by atoms with van der Waals surface area (Å²) in [5.74, 6) is 0.619. The van der Waals surface area contributed by atoms with Crippen LogP contribution in [0.5, 0.6) is 11.5 Å². The molecule has 1 aliphatic carbocycles. The molecule has 0 radical (unpaired) electrons. The highest BCUT2D eigenvalue weighted by molar-refractivity contribution is 9.11. The van der Waals surface area contributed by atoms with E-state index in [1.807, 2.05) is 12.1 Å². The molecule has 0 unspecified atom stereocenters. The Labute approximate surface area is 228 Å². The van der Waals surface area contributed by atoms with Crippen molar-refractivity contribution in [3.8, 4) is 11.5 Å². The number of hydrogen-bond donors (Lipinski definition) is 2. The van der Waals surface area contributed by atoms with Crippen molar-refractivity contribution in [1.29, 1.82) is 0 Å². The number of phenols is 2. The fourth-order valence-corrected chi connectivity index (χ4v) is 6.10. The first-order valence-corrected chi connectivity index (χ1v) is 14.1. The first-order chi connectivity index (χ1) is 16.2. The largest absolute Gasteiger partial charge is 0.507 e. The lowest BCUT2D eigenvalue weighted by atomic mass is 9.78. The van der Waals surface area contributed by atoms with E-state index < -0.39 is 0 Å². The fraction of sp³-hybridized carbons (Fsp3) is 0.552. The molecule has 0 amide bonds. The third kappa shape index (κ3) is 6.90. The Morgan fingerprint density at radius 1 is 0.943 bits per heavy atom. The van der Waals surface area contributed by atoms with E-state index in [-0.39, 0.29) is 28.7 Å². The third-order valence-electron chi connectivity index (χ3n) is 7.01. The van der Waals surface area contributed by atoms with Crippen molar-refractivity contribution < 1.29 is 10.2 Å². The standard InChI is InChI=1S/C29H40Br2N2O2/c1-28(2,3)20-12-19(26(34)22(14-20)29(4,5)6)17-33(7)25-11-9-8-10-24(25)32-16-18-13-21(30)15-23(31)27(18)35/h12-16,24-25,34-35H,8-11,17H2,1-7H3/t24-,25-/m1/s1. The van der Waals surface area contributed by atoms with Crippen LogP contribution in [0.4, 0.5) is 0 Å². The number of likely N-dealkylation sites (N-methyl/N-ethyl adjacent to an activating group) is 1. The van der Waals surface area contributed by atoms with Gasteiger partial charge in [0, 0.05) is 34.4 Å². The topological polar surface area (TPSA) is 56.1 Å². The number of hydrogen-bond acceptors (Lipinski definition) is 4. The summed E-state index contributed by atoms with van der Waals surface area (Å²) in [6, 6.07) is 8.48. The van der Waals surface area contributed by atoms with Gasteiger partial charge in [0.25, 0.3) is 0 Å². The molecule has 0 bridgehead atoms. The maximum Gasteiger partial charge on any atom is 0.138 e. The van der Waals surface area contributed by atoms with Crippen LogP contribution in [-0.2, 0) is 17.4 Å². The molecule has 35 heavy (non-hydrogen) atoms. The van der Waals surface area contributed by atoms with Crippen molar-refractivity contribution in [1.82, 2.24) is 4.90 Å². The Balaban J connectivity index is 1.90. The molecular weight excluding hydrogens is 568 g/mol. The average Bonchev–Trinajstić information content (AvgIpc) is 2.75. The summed E-state index contributed by atoms with van der Waals surface area (Å²) in [5.41, 5.74) is 3.78. The number of rotatable bonds is 5. The number of halogens is 2. The summed E-state index contributed by atoms with van der Waals surface area (Å²) in [4.78, 5) is 7.30. The normalized spacial score (nSPS) is 19.6. The number of aromatic hydroxyl groups is 2. The second-order valence-corrected chi connectivity index (χ2v) is 13.7. The molecule has 6 heteroatoms. The lowest BCUT2D eigenvalue weighted by Gasteiger charge is -2.37. The maximum absolute atomic E-state index is 11.3. The molecule has 2 aromatic rings. The molecule has 1 fully saturated rings. The lowest BCUT2D eigenvalue weighted by molar-refractivity contribution is 0.162. The molecule has 0 aliphatic heterocycles. The molecule has 2 aromatic carbocycles. The molecule has 3 rings (SSSR count). The Hall–Kier alpha value is -1.37. The minimum atomic E-state index is -0.142. The van der Waals surface area contributed by atoms with E-state index in [1.165, 1.54) is 12.0 Å². The predicted octanol–water partition coefficient (Wildman–Crippen LogP) is 8.08. The maximum atomic E-state index is 11.3. The van der Waals surface area contributed by atoms with Gasteiger partial charge in [-0.1, -0.05) is 82.4 Å². The molecule has 4 nitrogen and oxygen atoms in total. The van der Waals surface area contributed by atoms with Crippen LogP contribution >= 0.6 is 31.9 Å². The van der Waals surface area contributed by atoms with Gasteiger partial charge in [-0.15, -0.1) is 0 Å². The van der Waals surface area contributed by atoms with Gasteiger partial charge in [-0.3, -0.25) is 9.89 Å². The van der Waals surface area contributed by atoms with Crippen LogP contribution in [-0.4, -0.2) is 40.5 Å². The number of phenolic OH excluding ortho intramolecular Hbond substituents is 2. The molecule has 2 N–H and O–H groups in total. The number of aliphatic imine (C=N–C) groups is 1. The predicted molar refractivity (Wildman–Crippen MR) is 154 cm³/mol. The third-order valence-corrected chi connectivity index (χ3v) is 8.07. The summed E-state index contributed by atoms with van der Waals surface area (Å²) < 4.78 is 1.54. The highest BCUT2D eigenvalue weighted by Gasteiger charge is 2.30. The molecule has 0 heterocycles. The van der Waals surface area contributed by atoms with Gasteiger partial charge in [0.2, 0.25) is 0 Å². The zero-order chi connectivity index (χ0) is 26.1. The van der Waals surface area contributed by atoms with Gasteiger partial charge >= 0.3 is 0 Å². The van der Waals surface area contributed by atoms with Gasteiger partial charge in [-0.25, -0.2) is 0 Å². The summed E-state index contributed by atoms with van der Waals surface area (Å²) in [7, 11) is 2.14. The smallest absolute Gasteiger partial charge is 0.138 e. The minimum Gasteiger partial charge on any atom is -0.507 e. The summed E-state index contributed by atoms with van der Waals surface area (Å²) in [6.07, 6.45) is 6.22. The van der Waals surface area contributed by atoms with Gasteiger partial charge in [-0.05, 0) is 69.9 Å². The highest BCUT2D eigenvalue weighted by Crippen LogP contribution is 2.39. The van der Waals surface area contributed by atoms with Gasteiger partial charge in [0.15, 0.2) is 0 Å². The van der Waals surface area contributed by atoms with Crippen LogP contribution in [0.1, 0.15) is 89.5 Å². The van der Waals surface area contributed by atoms with Crippen molar-refractivity contribution >= 4 is 38.1 Å². The Kier molecular flexibility index (Phi) is 8.81. The Bertz CT molecular complexity index is 1080. The molecular formula is C29H40Br2N2O2. The lowest BCUT2D eigenvalue weighted by Crippen LogP contribution is -2.42. The van der Waals surface area contributed by atoms with Crippen molar-refractivity contribution in [2.24, 2.45) is 4.99 Å². The van der Waals surface area contributed by atoms with Crippen LogP contribution in [0.3, 0.4) is 0 Å². The van der Waals surface area contributed by atoms with Crippen molar-refractivity contribution in [2.45, 2.75) is 96.7 Å². The summed E-state index contributed by atoms with van der Waals surface area (Å²) in [6.45, 7) is 13.8. The Morgan fingerprint density at radius 2 is 1.60 bits per heavy atom. The summed E-state index contributed by atoms with van der Waals surface area (Å²) >= 11 is 6.90. The minimum absolute atomic E-state index is 0.00107. The van der Waals surface area contributed by atoms with Crippen LogP contribution in [0.2, 0.25) is 0 Å². The first kappa shape index (κ1) is 28.2. The van der Waals surface area contributed by atoms with E-state index in [0.29, 0.717) is 22.3 Å². The molecule has 1 saturated carbocycles. The molecule has 1 aliphatic rings. The fourth-order valence-electron chi connectivity index (χ4n) is 4.85. The van der Waals surface area contributed by atoms with Crippen LogP contribution in [0.25, 0.3) is 0 Å². The van der Waals surface area contributed by atoms with E-state index in [1.54, 1.807) is 6.21 Å². The van der Waals surface area contributed by atoms with Crippen LogP contribution in [0, 0.1) is 0 Å². The van der Waals surface area contributed by atoms with E-state index in [4.69, 9.17) is 4.99 Å². The highest BCUT2D eigenvalue weighted by atomic mass is 79.9. The van der Waals surface area contributed by atoms with Crippen molar-refractivity contribution in [2.75, 3.05) is 7.05 Å². The first-order valence-electron chi connectivity index (χ1n) is 12.5. The van der Waals surface area contributed by atoms with Gasteiger partial charge < -0.3 is 10.2 Å². The van der Waals surface area contributed by atoms with E-state index in [9.17, 15) is 10.2 Å². The molecule has 0 saturated heterocycles. The van der Waals surface area contributed by atoms with Gasteiger partial charge in [0.05, 0.1) is 10.5 Å². The monoisotopic (exact) mass is 606 g/mol. The zero-order valence-corrected chi connectivity index (χ0v) is 25.3. The van der Waals surface area contributed by atoms with E-state index in [2.05, 4.69) is 97.5 Å². The van der Waals surface area contributed by atoms with E-state index in [0.717, 1.165) is 34.9 Å². The average molecular weight is 608 g/mol. The van der Waals surface area contributed by atoms with E-state index >= 15 is 0 Å². The summed E-state index contributed by atoms with van der Waals surface area (Å²) in [5, 5.41) is 21.7. The molecule has 2 atom stereocenters. The second kappa shape index (κ2) is 10.9. The molecule has 0 spiro atoms. The van der Waals surface area contributed by atoms with Crippen molar-refractivity contribution in [3.05, 3.63) is 55.5 Å². The second-order valence-electron chi connectivity index (χ2n) is 12.0. The van der Waals surface area contributed by atoms with Gasteiger partial charge in [0.1, 0.15) is 11.5 Å². The van der Waals surface area contributed by atoms with Crippen molar-refractivity contribution in [3.63, 3.8) is 0 Å². The molecule has 0 aromatic heterocycles. The van der Waals surface area contributed by atoms with Crippen LogP contribution in [0.15, 0.2) is 38.2 Å². The van der Waals surface area contributed by atoms with Gasteiger partial charge in [-0.2, -0.15) is 0 Å². The SMILES string of the molecule is CN(Cc1cc(C(C)(C)C)cc(C(C)(C)C)c1O)[C@@H]1CCCC[C@H]1N=Cc1cc(Br)cc(Br)c1O. The van der Waals surface area contributed by atoms with Crippen LogP contribution < -0.4 is 0 Å².